The molecule has 196 valence electrons. The first-order valence-corrected chi connectivity index (χ1v) is 14.0. The number of carbonyl (C=O) groups excluding carboxylic acids is 4. The number of carbonyl (C=O) groups is 4. The third-order valence-corrected chi connectivity index (χ3v) is 10.2. The van der Waals surface area contributed by atoms with E-state index in [-0.39, 0.29) is 30.8 Å². The van der Waals surface area contributed by atoms with E-state index in [2.05, 4.69) is 5.32 Å². The van der Waals surface area contributed by atoms with Crippen LogP contribution >= 0.6 is 11.3 Å². The third-order valence-electron chi connectivity index (χ3n) is 8.98. The van der Waals surface area contributed by atoms with Crippen LogP contribution in [0.25, 0.3) is 0 Å². The quantitative estimate of drug-likeness (QED) is 0.418. The molecule has 1 saturated carbocycles. The van der Waals surface area contributed by atoms with Gasteiger partial charge in [0.15, 0.2) is 0 Å². The van der Waals surface area contributed by atoms with E-state index in [0.29, 0.717) is 23.4 Å². The van der Waals surface area contributed by atoms with Crippen LogP contribution in [0, 0.1) is 16.7 Å². The molecule has 8 heteroatoms. The molecule has 1 aliphatic heterocycles. The van der Waals surface area contributed by atoms with Crippen molar-refractivity contribution in [1.82, 2.24) is 4.90 Å². The molecule has 3 aliphatic rings. The predicted octanol–water partition coefficient (Wildman–Crippen LogP) is 4.77. The number of amides is 3. The van der Waals surface area contributed by atoms with Crippen molar-refractivity contribution in [1.29, 1.82) is 0 Å². The van der Waals surface area contributed by atoms with E-state index in [1.165, 1.54) is 16.2 Å². The van der Waals surface area contributed by atoms with Gasteiger partial charge in [-0.25, -0.2) is 4.79 Å². The van der Waals surface area contributed by atoms with E-state index in [0.717, 1.165) is 35.3 Å². The van der Waals surface area contributed by atoms with Crippen molar-refractivity contribution in [2.45, 2.75) is 72.3 Å². The summed E-state index contributed by atoms with van der Waals surface area (Å²) in [5, 5.41) is 3.40. The van der Waals surface area contributed by atoms with Gasteiger partial charge in [0.1, 0.15) is 11.0 Å². The van der Waals surface area contributed by atoms with Crippen LogP contribution in [-0.4, -0.2) is 41.2 Å². The van der Waals surface area contributed by atoms with Crippen LogP contribution < -0.4 is 5.32 Å². The minimum Gasteiger partial charge on any atom is -0.462 e. The SMILES string of the molecule is CCOC(=O)c1c(NC(=O)C(Cc2ccccc2)N2C(=O)C3CCC(C)(C2=O)C3(C)C)sc2c1CCC2. The lowest BCUT2D eigenvalue weighted by Crippen LogP contribution is -2.64. The predicted molar refractivity (Wildman–Crippen MR) is 141 cm³/mol. The summed E-state index contributed by atoms with van der Waals surface area (Å²) < 4.78 is 5.31. The largest absolute Gasteiger partial charge is 0.462 e. The van der Waals surface area contributed by atoms with E-state index in [1.807, 2.05) is 51.1 Å². The Bertz CT molecular complexity index is 1270. The van der Waals surface area contributed by atoms with Crippen LogP contribution in [0.5, 0.6) is 0 Å². The monoisotopic (exact) mass is 522 g/mol. The lowest BCUT2D eigenvalue weighted by molar-refractivity contribution is -0.172. The molecule has 3 unspecified atom stereocenters. The van der Waals surface area contributed by atoms with Gasteiger partial charge in [-0.3, -0.25) is 19.3 Å². The molecule has 2 heterocycles. The van der Waals surface area contributed by atoms with Gasteiger partial charge in [-0.1, -0.05) is 51.1 Å². The van der Waals surface area contributed by atoms with Crippen molar-refractivity contribution in [3.05, 3.63) is 51.9 Å². The Morgan fingerprint density at radius 2 is 1.89 bits per heavy atom. The molecule has 0 spiro atoms. The number of thiophene rings is 1. The Hall–Kier alpha value is -3.00. The van der Waals surface area contributed by atoms with Crippen molar-refractivity contribution in [2.75, 3.05) is 11.9 Å². The van der Waals surface area contributed by atoms with Crippen molar-refractivity contribution < 1.29 is 23.9 Å². The van der Waals surface area contributed by atoms with Gasteiger partial charge in [0.25, 0.3) is 0 Å². The number of anilines is 1. The Labute approximate surface area is 221 Å². The summed E-state index contributed by atoms with van der Waals surface area (Å²) in [7, 11) is 0. The van der Waals surface area contributed by atoms with Crippen LogP contribution in [0.4, 0.5) is 5.00 Å². The minimum absolute atomic E-state index is 0.202. The minimum atomic E-state index is -1.02. The molecular formula is C29H34N2O5S. The summed E-state index contributed by atoms with van der Waals surface area (Å²) in [5.41, 5.74) is 1.01. The number of imide groups is 1. The van der Waals surface area contributed by atoms with Crippen LogP contribution in [0.2, 0.25) is 0 Å². The Kier molecular flexibility index (Phi) is 6.51. The number of rotatable bonds is 7. The molecule has 37 heavy (non-hydrogen) atoms. The fraction of sp³-hybridized carbons (Fsp3) is 0.517. The highest BCUT2D eigenvalue weighted by Gasteiger charge is 2.65. The van der Waals surface area contributed by atoms with Gasteiger partial charge in [-0.2, -0.15) is 0 Å². The molecule has 3 atom stereocenters. The molecule has 2 fully saturated rings. The summed E-state index contributed by atoms with van der Waals surface area (Å²) >= 11 is 1.39. The molecular weight excluding hydrogens is 488 g/mol. The number of nitrogens with zero attached hydrogens (tertiary/aromatic N) is 1. The molecule has 7 nitrogen and oxygen atoms in total. The fourth-order valence-electron chi connectivity index (χ4n) is 6.39. The highest BCUT2D eigenvalue weighted by atomic mass is 32.1. The standard InChI is InChI=1S/C29H34N2O5S/c1-5-36-26(34)22-18-12-9-13-21(18)37-24(22)30-23(32)20(16-17-10-7-6-8-11-17)31-25(33)19-14-15-29(4,27(31)35)28(19,2)3/h6-8,10-11,19-20H,5,9,12-16H2,1-4H3,(H,30,32). The fourth-order valence-corrected chi connectivity index (χ4v) is 7.67. The van der Waals surface area contributed by atoms with Crippen molar-refractivity contribution in [3.63, 3.8) is 0 Å². The lowest BCUT2D eigenvalue weighted by Gasteiger charge is -2.49. The first-order chi connectivity index (χ1) is 17.6. The average Bonchev–Trinajstić information content (AvgIpc) is 3.48. The van der Waals surface area contributed by atoms with Crippen LogP contribution in [0.3, 0.4) is 0 Å². The number of ether oxygens (including phenoxy) is 1. The van der Waals surface area contributed by atoms with Gasteiger partial charge in [0, 0.05) is 17.2 Å². The summed E-state index contributed by atoms with van der Waals surface area (Å²) in [6.07, 6.45) is 4.04. The van der Waals surface area contributed by atoms with Gasteiger partial charge in [-0.15, -0.1) is 11.3 Å². The van der Waals surface area contributed by atoms with Crippen molar-refractivity contribution in [2.24, 2.45) is 16.7 Å². The number of nitrogens with one attached hydrogen (secondary N) is 1. The van der Waals surface area contributed by atoms with E-state index in [4.69, 9.17) is 4.74 Å². The first-order valence-electron chi connectivity index (χ1n) is 13.1. The maximum atomic E-state index is 14.0. The number of esters is 1. The molecule has 2 aromatic rings. The number of benzene rings is 1. The maximum Gasteiger partial charge on any atom is 0.341 e. The molecule has 2 aliphatic carbocycles. The molecule has 5 rings (SSSR count). The lowest BCUT2D eigenvalue weighted by atomic mass is 9.62. The summed E-state index contributed by atoms with van der Waals surface area (Å²) in [6, 6.07) is 8.40. The average molecular weight is 523 g/mol. The molecule has 1 N–H and O–H groups in total. The van der Waals surface area contributed by atoms with Gasteiger partial charge >= 0.3 is 5.97 Å². The van der Waals surface area contributed by atoms with E-state index in [9.17, 15) is 19.2 Å². The van der Waals surface area contributed by atoms with E-state index in [1.54, 1.807) is 6.92 Å². The topological polar surface area (TPSA) is 92.8 Å². The molecule has 3 amide bonds. The van der Waals surface area contributed by atoms with Gasteiger partial charge < -0.3 is 10.1 Å². The third kappa shape index (κ3) is 4.00. The molecule has 1 aromatic carbocycles. The number of hydrogen-bond donors (Lipinski definition) is 1. The zero-order valence-electron chi connectivity index (χ0n) is 21.9. The van der Waals surface area contributed by atoms with Gasteiger partial charge in [0.05, 0.1) is 17.6 Å². The summed E-state index contributed by atoms with van der Waals surface area (Å²) in [5.74, 6) is -1.79. The number of fused-ring (bicyclic) bond motifs is 3. The molecule has 0 radical (unpaired) electrons. The molecule has 2 bridgehead atoms. The van der Waals surface area contributed by atoms with E-state index < -0.39 is 28.7 Å². The van der Waals surface area contributed by atoms with Crippen molar-refractivity contribution in [3.8, 4) is 0 Å². The highest BCUT2D eigenvalue weighted by molar-refractivity contribution is 7.17. The summed E-state index contributed by atoms with van der Waals surface area (Å²) in [6.45, 7) is 7.89. The van der Waals surface area contributed by atoms with Crippen LogP contribution in [0.15, 0.2) is 30.3 Å². The Morgan fingerprint density at radius 1 is 1.16 bits per heavy atom. The number of hydrogen-bond acceptors (Lipinski definition) is 6. The first kappa shape index (κ1) is 25.6. The smallest absolute Gasteiger partial charge is 0.341 e. The van der Waals surface area contributed by atoms with Gasteiger partial charge in [-0.05, 0) is 55.6 Å². The summed E-state index contributed by atoms with van der Waals surface area (Å²) in [4.78, 5) is 56.8. The van der Waals surface area contributed by atoms with Gasteiger partial charge in [0.2, 0.25) is 17.7 Å². The number of likely N-dealkylation sites (tertiary alicyclic amines) is 1. The van der Waals surface area contributed by atoms with Crippen molar-refractivity contribution >= 4 is 40.0 Å². The Morgan fingerprint density at radius 3 is 2.59 bits per heavy atom. The zero-order chi connectivity index (χ0) is 26.5. The number of aryl methyl sites for hydroxylation is 1. The second-order valence-corrected chi connectivity index (χ2v) is 12.2. The highest BCUT2D eigenvalue weighted by Crippen LogP contribution is 2.60. The van der Waals surface area contributed by atoms with Crippen LogP contribution in [0.1, 0.15) is 73.3 Å². The normalized spacial score (nSPS) is 24.6. The maximum absolute atomic E-state index is 14.0. The van der Waals surface area contributed by atoms with Crippen LogP contribution in [-0.2, 0) is 38.4 Å². The molecule has 1 aromatic heterocycles. The zero-order valence-corrected chi connectivity index (χ0v) is 22.7. The van der Waals surface area contributed by atoms with E-state index >= 15 is 0 Å². The second kappa shape index (κ2) is 9.39. The molecule has 1 saturated heterocycles. The second-order valence-electron chi connectivity index (χ2n) is 11.1. The number of piperidine rings is 1. The Balaban J connectivity index is 1.52.